The van der Waals surface area contributed by atoms with Crippen molar-refractivity contribution in [3.8, 4) is 22.8 Å². The maximum atomic E-state index is 5.48. The molecule has 0 aliphatic rings. The molecule has 0 aliphatic heterocycles. The van der Waals surface area contributed by atoms with E-state index < -0.39 is 0 Å². The van der Waals surface area contributed by atoms with Crippen molar-refractivity contribution < 1.29 is 9.47 Å². The Morgan fingerprint density at radius 3 is 2.43 bits per heavy atom. The van der Waals surface area contributed by atoms with Crippen molar-refractivity contribution in [3.63, 3.8) is 0 Å². The first-order valence-corrected chi connectivity index (χ1v) is 9.48. The van der Waals surface area contributed by atoms with Gasteiger partial charge < -0.3 is 14.4 Å². The molecule has 4 aromatic rings. The zero-order valence-corrected chi connectivity index (χ0v) is 16.6. The summed E-state index contributed by atoms with van der Waals surface area (Å²) in [4.78, 5) is 11.3. The lowest BCUT2D eigenvalue weighted by atomic mass is 10.1. The Balaban J connectivity index is 1.65. The highest BCUT2D eigenvalue weighted by Gasteiger charge is 2.17. The van der Waals surface area contributed by atoms with Gasteiger partial charge in [-0.25, -0.2) is 9.97 Å². The van der Waals surface area contributed by atoms with Crippen LogP contribution in [-0.2, 0) is 6.54 Å². The molecule has 0 atom stereocenters. The smallest absolute Gasteiger partial charge is 0.246 e. The summed E-state index contributed by atoms with van der Waals surface area (Å²) < 4.78 is 12.1. The maximum absolute atomic E-state index is 5.48. The van der Waals surface area contributed by atoms with Crippen LogP contribution in [0, 0.1) is 0 Å². The average Bonchev–Trinajstić information content (AvgIpc) is 3.15. The summed E-state index contributed by atoms with van der Waals surface area (Å²) in [7, 11) is 5.16. The second kappa shape index (κ2) is 7.77. The summed E-state index contributed by atoms with van der Waals surface area (Å²) in [6.45, 7) is 0.591. The zero-order chi connectivity index (χ0) is 19.5. The van der Waals surface area contributed by atoms with Crippen LogP contribution < -0.4 is 14.4 Å². The monoisotopic (exact) mass is 393 g/mol. The second-order valence-electron chi connectivity index (χ2n) is 6.11. The van der Waals surface area contributed by atoms with Gasteiger partial charge in [0.2, 0.25) is 5.95 Å². The van der Waals surface area contributed by atoms with Crippen molar-refractivity contribution in [1.29, 1.82) is 0 Å². The van der Waals surface area contributed by atoms with E-state index in [1.165, 1.54) is 0 Å². The summed E-state index contributed by atoms with van der Waals surface area (Å²) in [5.74, 6) is 1.84. The fraction of sp³-hybridized carbons (Fsp3) is 0.200. The fourth-order valence-electron chi connectivity index (χ4n) is 2.94. The van der Waals surface area contributed by atoms with E-state index in [1.54, 1.807) is 31.8 Å². The summed E-state index contributed by atoms with van der Waals surface area (Å²) in [6.07, 6.45) is 1.61. The largest absolute Gasteiger partial charge is 0.496 e. The summed E-state index contributed by atoms with van der Waals surface area (Å²) in [6, 6.07) is 13.7. The Morgan fingerprint density at radius 2 is 1.71 bits per heavy atom. The van der Waals surface area contributed by atoms with Crippen LogP contribution in [-0.4, -0.2) is 41.4 Å². The predicted molar refractivity (Wildman–Crippen MR) is 110 cm³/mol. The van der Waals surface area contributed by atoms with E-state index in [4.69, 9.17) is 9.47 Å². The number of nitrogens with zero attached hydrogens (tertiary/aromatic N) is 5. The molecule has 142 valence electrons. The van der Waals surface area contributed by atoms with Gasteiger partial charge in [0, 0.05) is 7.05 Å². The topological polar surface area (TPSA) is 73.3 Å². The maximum Gasteiger partial charge on any atom is 0.246 e. The van der Waals surface area contributed by atoms with Crippen molar-refractivity contribution >= 4 is 27.5 Å². The van der Waals surface area contributed by atoms with Gasteiger partial charge in [0.15, 0.2) is 0 Å². The van der Waals surface area contributed by atoms with Gasteiger partial charge in [-0.05, 0) is 24.3 Å². The van der Waals surface area contributed by atoms with Crippen LogP contribution in [0.1, 0.15) is 5.01 Å². The standard InChI is InChI=1S/C20H19N5O2S/c1-25(12-18-22-13-7-4-5-10-17(13)28-18)20-23-14(11-21-24-20)19-15(26-2)8-6-9-16(19)27-3/h4-11H,12H2,1-3H3. The summed E-state index contributed by atoms with van der Waals surface area (Å²) in [5, 5.41) is 9.31. The number of para-hydroxylation sites is 1. The Hall–Kier alpha value is -3.26. The molecule has 8 heteroatoms. The van der Waals surface area contributed by atoms with Gasteiger partial charge in [0.1, 0.15) is 22.2 Å². The van der Waals surface area contributed by atoms with E-state index >= 15 is 0 Å². The van der Waals surface area contributed by atoms with Crippen molar-refractivity contribution in [1.82, 2.24) is 20.2 Å². The van der Waals surface area contributed by atoms with Crippen molar-refractivity contribution in [2.45, 2.75) is 6.54 Å². The third-order valence-corrected chi connectivity index (χ3v) is 5.30. The highest BCUT2D eigenvalue weighted by molar-refractivity contribution is 7.18. The van der Waals surface area contributed by atoms with Crippen molar-refractivity contribution in [2.75, 3.05) is 26.2 Å². The molecule has 7 nitrogen and oxygen atoms in total. The van der Waals surface area contributed by atoms with Crippen LogP contribution in [0.2, 0.25) is 0 Å². The Labute approximate surface area is 166 Å². The number of hydrogen-bond donors (Lipinski definition) is 0. The molecule has 0 unspecified atom stereocenters. The number of benzene rings is 2. The molecule has 2 aromatic heterocycles. The van der Waals surface area contributed by atoms with Crippen LogP contribution >= 0.6 is 11.3 Å². The second-order valence-corrected chi connectivity index (χ2v) is 7.23. The van der Waals surface area contributed by atoms with E-state index in [-0.39, 0.29) is 0 Å². The van der Waals surface area contributed by atoms with E-state index in [0.717, 1.165) is 20.8 Å². The molecule has 0 saturated carbocycles. The van der Waals surface area contributed by atoms with E-state index in [1.807, 2.05) is 48.3 Å². The zero-order valence-electron chi connectivity index (χ0n) is 15.8. The number of fused-ring (bicyclic) bond motifs is 1. The molecule has 28 heavy (non-hydrogen) atoms. The van der Waals surface area contributed by atoms with Gasteiger partial charge in [0.05, 0.1) is 42.7 Å². The van der Waals surface area contributed by atoms with Gasteiger partial charge in [-0.2, -0.15) is 5.10 Å². The van der Waals surface area contributed by atoms with E-state index in [2.05, 4.69) is 26.2 Å². The third-order valence-electron chi connectivity index (χ3n) is 4.28. The third kappa shape index (κ3) is 3.46. The van der Waals surface area contributed by atoms with E-state index in [0.29, 0.717) is 29.7 Å². The lowest BCUT2D eigenvalue weighted by Crippen LogP contribution is -2.19. The minimum Gasteiger partial charge on any atom is -0.496 e. The lowest BCUT2D eigenvalue weighted by molar-refractivity contribution is 0.397. The van der Waals surface area contributed by atoms with Crippen LogP contribution in [0.4, 0.5) is 5.95 Å². The average molecular weight is 393 g/mol. The van der Waals surface area contributed by atoms with Crippen LogP contribution in [0.15, 0.2) is 48.7 Å². The van der Waals surface area contributed by atoms with Gasteiger partial charge >= 0.3 is 0 Å². The SMILES string of the molecule is COc1cccc(OC)c1-c1cnnc(N(C)Cc2nc3ccccc3s2)n1. The quantitative estimate of drug-likeness (QED) is 0.493. The van der Waals surface area contributed by atoms with Gasteiger partial charge in [-0.3, -0.25) is 0 Å². The minimum atomic E-state index is 0.504. The number of anilines is 1. The Bertz CT molecular complexity index is 1060. The summed E-state index contributed by atoms with van der Waals surface area (Å²) in [5.41, 5.74) is 2.38. The number of ether oxygens (including phenoxy) is 2. The molecule has 2 aromatic carbocycles. The molecule has 0 amide bonds. The fourth-order valence-corrected chi connectivity index (χ4v) is 3.96. The molecular weight excluding hydrogens is 374 g/mol. The predicted octanol–water partition coefficient (Wildman–Crippen LogP) is 3.80. The number of aromatic nitrogens is 4. The number of rotatable bonds is 6. The molecule has 0 bridgehead atoms. The van der Waals surface area contributed by atoms with Gasteiger partial charge in [-0.15, -0.1) is 16.4 Å². The number of methoxy groups -OCH3 is 2. The Kier molecular flexibility index (Phi) is 5.03. The number of hydrogen-bond acceptors (Lipinski definition) is 8. The van der Waals surface area contributed by atoms with Crippen LogP contribution in [0.5, 0.6) is 11.5 Å². The minimum absolute atomic E-state index is 0.504. The van der Waals surface area contributed by atoms with Crippen molar-refractivity contribution in [3.05, 3.63) is 53.7 Å². The normalized spacial score (nSPS) is 10.8. The molecule has 0 spiro atoms. The molecule has 0 N–H and O–H groups in total. The molecular formula is C20H19N5O2S. The molecule has 0 aliphatic carbocycles. The Morgan fingerprint density at radius 1 is 0.964 bits per heavy atom. The van der Waals surface area contributed by atoms with Gasteiger partial charge in [-0.1, -0.05) is 18.2 Å². The number of thiazole rings is 1. The van der Waals surface area contributed by atoms with E-state index in [9.17, 15) is 0 Å². The highest BCUT2D eigenvalue weighted by Crippen LogP contribution is 2.37. The van der Waals surface area contributed by atoms with Gasteiger partial charge in [0.25, 0.3) is 0 Å². The molecule has 0 radical (unpaired) electrons. The molecule has 0 fully saturated rings. The van der Waals surface area contributed by atoms with Crippen LogP contribution in [0.3, 0.4) is 0 Å². The first kappa shape index (κ1) is 18.1. The molecule has 2 heterocycles. The first-order chi connectivity index (χ1) is 13.7. The first-order valence-electron chi connectivity index (χ1n) is 8.66. The van der Waals surface area contributed by atoms with Crippen molar-refractivity contribution in [2.24, 2.45) is 0 Å². The molecule has 4 rings (SSSR count). The highest BCUT2D eigenvalue weighted by atomic mass is 32.1. The lowest BCUT2D eigenvalue weighted by Gasteiger charge is -2.16. The summed E-state index contributed by atoms with van der Waals surface area (Å²) >= 11 is 1.66. The molecule has 0 saturated heterocycles. The van der Waals surface area contributed by atoms with Crippen LogP contribution in [0.25, 0.3) is 21.5 Å².